The number of aromatic nitrogens is 2. The van der Waals surface area contributed by atoms with E-state index < -0.39 is 11.3 Å². The van der Waals surface area contributed by atoms with Crippen LogP contribution in [0.2, 0.25) is 0 Å². The first-order valence-electron chi connectivity index (χ1n) is 7.87. The Labute approximate surface area is 149 Å². The summed E-state index contributed by atoms with van der Waals surface area (Å²) in [5, 5.41) is 6.11. The molecule has 6 rings (SSSR count). The summed E-state index contributed by atoms with van der Waals surface area (Å²) in [7, 11) is 0. The molecule has 0 saturated carbocycles. The fourth-order valence-electron chi connectivity index (χ4n) is 3.50. The fraction of sp³-hybridized carbons (Fsp3) is 0.333. The van der Waals surface area contributed by atoms with Crippen molar-refractivity contribution in [3.8, 4) is 10.6 Å². The lowest BCUT2D eigenvalue weighted by molar-refractivity contribution is 0.220. The van der Waals surface area contributed by atoms with Gasteiger partial charge in [0.05, 0.1) is 5.56 Å². The van der Waals surface area contributed by atoms with Crippen molar-refractivity contribution in [1.29, 1.82) is 0 Å². The molecule has 3 aliphatic rings. The van der Waals surface area contributed by atoms with Crippen LogP contribution in [0.5, 0.6) is 0 Å². The predicted octanol–water partition coefficient (Wildman–Crippen LogP) is 1.71. The molecule has 3 unspecified atom stereocenters. The Bertz CT molecular complexity index is 942. The zero-order valence-electron chi connectivity index (χ0n) is 13.0. The second-order valence-corrected chi connectivity index (χ2v) is 7.81. The average Bonchev–Trinajstić information content (AvgIpc) is 3.22. The van der Waals surface area contributed by atoms with Gasteiger partial charge in [-0.25, -0.2) is 4.98 Å². The normalized spacial score (nSPS) is 23.5. The zero-order valence-corrected chi connectivity index (χ0v) is 14.6. The summed E-state index contributed by atoms with van der Waals surface area (Å²) in [6.07, 6.45) is 2.91. The number of anilines is 2. The number of piperidine rings is 1. The monoisotopic (exact) mass is 376 g/mol. The summed E-state index contributed by atoms with van der Waals surface area (Å²) in [5.74, 6) is 0. The van der Waals surface area contributed by atoms with Crippen LogP contribution in [0.4, 0.5) is 11.7 Å². The Kier molecular flexibility index (Phi) is 3.52. The number of hydrogen-bond donors (Lipinski definition) is 2. The highest BCUT2D eigenvalue weighted by molar-refractivity contribution is 7.80. The van der Waals surface area contributed by atoms with Crippen LogP contribution >= 0.6 is 11.3 Å². The molecule has 25 heavy (non-hydrogen) atoms. The van der Waals surface area contributed by atoms with Crippen LogP contribution in [-0.2, 0) is 11.3 Å². The molecular formula is C15H14N5O3S2-. The van der Waals surface area contributed by atoms with Crippen molar-refractivity contribution in [2.45, 2.75) is 18.5 Å². The van der Waals surface area contributed by atoms with Gasteiger partial charge in [0.1, 0.15) is 10.5 Å². The summed E-state index contributed by atoms with van der Waals surface area (Å²) in [4.78, 5) is 11.1. The van der Waals surface area contributed by atoms with E-state index in [1.165, 1.54) is 17.8 Å². The van der Waals surface area contributed by atoms with E-state index >= 15 is 0 Å². The van der Waals surface area contributed by atoms with Gasteiger partial charge in [0.25, 0.3) is 6.01 Å². The number of nitrogens with zero attached hydrogens (tertiary/aromatic N) is 3. The predicted molar refractivity (Wildman–Crippen MR) is 95.2 cm³/mol. The molecule has 3 aromatic rings. The van der Waals surface area contributed by atoms with Crippen LogP contribution < -0.4 is 14.9 Å². The maximum atomic E-state index is 11.0. The highest BCUT2D eigenvalue weighted by Gasteiger charge is 2.38. The van der Waals surface area contributed by atoms with Gasteiger partial charge in [-0.2, -0.15) is 4.98 Å². The smallest absolute Gasteiger partial charge is 0.298 e. The minimum absolute atomic E-state index is 0.439. The van der Waals surface area contributed by atoms with Crippen molar-refractivity contribution in [3.05, 3.63) is 23.7 Å². The molecule has 0 spiro atoms. The third-order valence-electron chi connectivity index (χ3n) is 4.54. The van der Waals surface area contributed by atoms with Gasteiger partial charge >= 0.3 is 0 Å². The van der Waals surface area contributed by atoms with E-state index in [2.05, 4.69) is 24.9 Å². The van der Waals surface area contributed by atoms with Gasteiger partial charge in [-0.15, -0.1) is 11.3 Å². The van der Waals surface area contributed by atoms with E-state index in [-0.39, 0.29) is 0 Å². The number of thiazole rings is 1. The molecule has 0 amide bonds. The van der Waals surface area contributed by atoms with Gasteiger partial charge in [0, 0.05) is 53.7 Å². The zero-order chi connectivity index (χ0) is 17.0. The molecule has 0 aliphatic carbocycles. The molecule has 3 fully saturated rings. The van der Waals surface area contributed by atoms with Crippen LogP contribution in [0.25, 0.3) is 21.7 Å². The van der Waals surface area contributed by atoms with Crippen molar-refractivity contribution >= 4 is 45.4 Å². The highest BCUT2D eigenvalue weighted by atomic mass is 32.2. The summed E-state index contributed by atoms with van der Waals surface area (Å²) >= 11 is -0.939. The van der Waals surface area contributed by atoms with E-state index in [4.69, 9.17) is 4.42 Å². The molecule has 3 saturated heterocycles. The lowest BCUT2D eigenvalue weighted by atomic mass is 9.92. The summed E-state index contributed by atoms with van der Waals surface area (Å²) in [5.41, 5.74) is 2.41. The van der Waals surface area contributed by atoms with Gasteiger partial charge in [-0.1, -0.05) is 0 Å². The van der Waals surface area contributed by atoms with E-state index in [1.54, 1.807) is 18.3 Å². The van der Waals surface area contributed by atoms with E-state index in [0.717, 1.165) is 23.7 Å². The molecule has 3 aliphatic heterocycles. The Hall–Kier alpha value is -2.01. The van der Waals surface area contributed by atoms with Crippen molar-refractivity contribution in [2.75, 3.05) is 22.7 Å². The molecule has 130 valence electrons. The number of nitrogens with one attached hydrogen (secondary N) is 2. The van der Waals surface area contributed by atoms with E-state index in [0.29, 0.717) is 34.9 Å². The van der Waals surface area contributed by atoms with Gasteiger partial charge in [-0.3, -0.25) is 4.21 Å². The maximum absolute atomic E-state index is 11.0. The fourth-order valence-corrected chi connectivity index (χ4v) is 4.46. The first-order chi connectivity index (χ1) is 12.2. The summed E-state index contributed by atoms with van der Waals surface area (Å²) in [6, 6.07) is 4.96. The number of piperazine rings is 1. The number of rotatable bonds is 4. The van der Waals surface area contributed by atoms with Crippen molar-refractivity contribution in [3.63, 3.8) is 0 Å². The molecule has 2 N–H and O–H groups in total. The average molecular weight is 376 g/mol. The minimum Gasteiger partial charge on any atom is -0.755 e. The van der Waals surface area contributed by atoms with Gasteiger partial charge in [0.15, 0.2) is 5.58 Å². The molecule has 1 aromatic carbocycles. The summed E-state index contributed by atoms with van der Waals surface area (Å²) < 4.78 is 30.5. The molecule has 5 heterocycles. The molecule has 3 atom stereocenters. The Balaban J connectivity index is 1.61. The third kappa shape index (κ3) is 2.71. The van der Waals surface area contributed by atoms with Gasteiger partial charge in [0.2, 0.25) is 0 Å². The number of hydrogen-bond acceptors (Lipinski definition) is 8. The lowest BCUT2D eigenvalue weighted by Crippen LogP contribution is -2.67. The molecule has 2 aromatic heterocycles. The SMILES string of the molecule is O=S([O-])Nc1cc(-c2nccs2)c2oc(N3CC4CC(C3)N4)nc2c1. The quantitative estimate of drug-likeness (QED) is 0.668. The van der Waals surface area contributed by atoms with Gasteiger partial charge in [-0.05, 0) is 18.6 Å². The highest BCUT2D eigenvalue weighted by Crippen LogP contribution is 2.36. The van der Waals surface area contributed by atoms with Crippen molar-refractivity contribution in [2.24, 2.45) is 0 Å². The number of oxazole rings is 1. The molecular weight excluding hydrogens is 362 g/mol. The van der Waals surface area contributed by atoms with Crippen LogP contribution in [0.3, 0.4) is 0 Å². The number of benzene rings is 1. The topological polar surface area (TPSA) is 106 Å². The number of fused-ring (bicyclic) bond motifs is 3. The van der Waals surface area contributed by atoms with Gasteiger partial charge < -0.3 is 23.9 Å². The summed E-state index contributed by atoms with van der Waals surface area (Å²) in [6.45, 7) is 1.73. The molecule has 8 nitrogen and oxygen atoms in total. The molecule has 10 heteroatoms. The Morgan fingerprint density at radius 2 is 2.20 bits per heavy atom. The van der Waals surface area contributed by atoms with Crippen LogP contribution in [0.15, 0.2) is 28.1 Å². The second-order valence-electron chi connectivity index (χ2n) is 6.24. The standard InChI is InChI=1S/C15H15N5O3S2/c21-25(22)19-8-4-11(14-16-1-2-24-14)13-12(5-8)18-15(23-13)20-6-9-3-10(7-20)17-9/h1-2,4-5,9-10,17,19H,3,6-7H2,(H,21,22)/p-1. The molecule has 2 bridgehead atoms. The minimum atomic E-state index is -2.41. The molecule has 0 radical (unpaired) electrons. The Morgan fingerprint density at radius 1 is 1.40 bits per heavy atom. The van der Waals surface area contributed by atoms with Crippen LogP contribution in [-0.4, -0.2) is 43.9 Å². The lowest BCUT2D eigenvalue weighted by Gasteiger charge is -2.47. The first-order valence-corrected chi connectivity index (χ1v) is 9.82. The van der Waals surface area contributed by atoms with E-state index in [1.807, 2.05) is 5.38 Å². The largest absolute Gasteiger partial charge is 0.755 e. The van der Waals surface area contributed by atoms with Crippen molar-refractivity contribution in [1.82, 2.24) is 15.3 Å². The van der Waals surface area contributed by atoms with Crippen molar-refractivity contribution < 1.29 is 13.2 Å². The third-order valence-corrected chi connectivity index (χ3v) is 5.74. The second kappa shape index (κ2) is 5.77. The van der Waals surface area contributed by atoms with E-state index in [9.17, 15) is 8.76 Å². The van der Waals surface area contributed by atoms with Crippen LogP contribution in [0, 0.1) is 0 Å². The maximum Gasteiger partial charge on any atom is 0.298 e. The van der Waals surface area contributed by atoms with Crippen LogP contribution in [0.1, 0.15) is 6.42 Å². The Morgan fingerprint density at radius 3 is 2.88 bits per heavy atom. The first kappa shape index (κ1) is 15.3.